The molecular weight excluding hydrogens is 372 g/mol. The number of amides is 1. The summed E-state index contributed by atoms with van der Waals surface area (Å²) in [5, 5.41) is 11.8. The molecule has 0 spiro atoms. The molecule has 1 heterocycles. The summed E-state index contributed by atoms with van der Waals surface area (Å²) in [4.78, 5) is 14.4. The molecule has 0 aromatic heterocycles. The maximum atomic E-state index is 13.5. The minimum absolute atomic E-state index is 0.0542. The van der Waals surface area contributed by atoms with Crippen LogP contribution in [0.15, 0.2) is 78.9 Å². The van der Waals surface area contributed by atoms with Crippen LogP contribution in [0.3, 0.4) is 0 Å². The van der Waals surface area contributed by atoms with E-state index in [0.717, 1.165) is 5.56 Å². The molecule has 1 aliphatic heterocycles. The van der Waals surface area contributed by atoms with Crippen molar-refractivity contribution in [2.45, 2.75) is 18.6 Å². The van der Waals surface area contributed by atoms with Gasteiger partial charge in [-0.1, -0.05) is 54.6 Å². The Morgan fingerprint density at radius 1 is 0.862 bits per heavy atom. The highest BCUT2D eigenvalue weighted by Gasteiger charge is 2.46. The van der Waals surface area contributed by atoms with Gasteiger partial charge in [-0.15, -0.1) is 0 Å². The third-order valence-corrected chi connectivity index (χ3v) is 5.59. The number of hydrogen-bond acceptors (Lipinski definition) is 2. The van der Waals surface area contributed by atoms with Crippen LogP contribution in [0.1, 0.15) is 23.1 Å². The molecule has 4 rings (SSSR count). The highest BCUT2D eigenvalue weighted by molar-refractivity contribution is 5.79. The number of carbonyl (C=O) groups is 1. The first-order valence-corrected chi connectivity index (χ1v) is 9.53. The molecule has 3 aromatic rings. The van der Waals surface area contributed by atoms with Gasteiger partial charge in [-0.25, -0.2) is 8.78 Å². The normalized spacial score (nSPS) is 17.0. The second-order valence-electron chi connectivity index (χ2n) is 7.44. The van der Waals surface area contributed by atoms with Crippen molar-refractivity contribution < 1.29 is 18.7 Å². The fourth-order valence-corrected chi connectivity index (χ4v) is 4.05. The lowest BCUT2D eigenvalue weighted by atomic mass is 9.75. The second-order valence-corrected chi connectivity index (χ2v) is 7.44. The molecule has 3 nitrogen and oxygen atoms in total. The Labute approximate surface area is 168 Å². The van der Waals surface area contributed by atoms with Gasteiger partial charge in [-0.05, 0) is 41.0 Å². The van der Waals surface area contributed by atoms with E-state index < -0.39 is 23.2 Å². The van der Waals surface area contributed by atoms with Gasteiger partial charge in [-0.3, -0.25) is 4.79 Å². The van der Waals surface area contributed by atoms with Crippen molar-refractivity contribution in [2.24, 2.45) is 5.92 Å². The Morgan fingerprint density at radius 3 is 1.90 bits per heavy atom. The molecule has 0 radical (unpaired) electrons. The Hall–Kier alpha value is -3.05. The lowest BCUT2D eigenvalue weighted by Crippen LogP contribution is -2.38. The molecule has 1 N–H and O–H groups in total. The third kappa shape index (κ3) is 3.78. The zero-order chi connectivity index (χ0) is 20.4. The summed E-state index contributed by atoms with van der Waals surface area (Å²) in [5.41, 5.74) is 0.422. The first-order valence-electron chi connectivity index (χ1n) is 9.53. The van der Waals surface area contributed by atoms with Crippen LogP contribution in [0.2, 0.25) is 0 Å². The standard InChI is InChI=1S/C24H21F2NO2/c25-21-10-6-18(7-11-21)24(29,19-8-12-22(26)13-9-19)20-14-23(28)27(16-20)15-17-4-2-1-3-5-17/h1-13,20,29H,14-16H2. The molecule has 1 unspecified atom stereocenters. The van der Waals surface area contributed by atoms with Gasteiger partial charge in [0.1, 0.15) is 17.2 Å². The van der Waals surface area contributed by atoms with Crippen LogP contribution in [0.25, 0.3) is 0 Å². The van der Waals surface area contributed by atoms with Gasteiger partial charge >= 0.3 is 0 Å². The zero-order valence-electron chi connectivity index (χ0n) is 15.8. The van der Waals surface area contributed by atoms with E-state index in [4.69, 9.17) is 0 Å². The quantitative estimate of drug-likeness (QED) is 0.704. The van der Waals surface area contributed by atoms with Gasteiger partial charge in [0, 0.05) is 25.4 Å². The minimum Gasteiger partial charge on any atom is -0.380 e. The highest BCUT2D eigenvalue weighted by atomic mass is 19.1. The average Bonchev–Trinajstić information content (AvgIpc) is 3.10. The zero-order valence-corrected chi connectivity index (χ0v) is 15.8. The van der Waals surface area contributed by atoms with E-state index in [2.05, 4.69) is 0 Å². The van der Waals surface area contributed by atoms with Crippen molar-refractivity contribution in [1.29, 1.82) is 0 Å². The Bertz CT molecular complexity index is 942. The van der Waals surface area contributed by atoms with Crippen LogP contribution >= 0.6 is 0 Å². The molecule has 0 bridgehead atoms. The Morgan fingerprint density at radius 2 is 1.38 bits per heavy atom. The largest absolute Gasteiger partial charge is 0.380 e. The van der Waals surface area contributed by atoms with Gasteiger partial charge in [0.2, 0.25) is 5.91 Å². The van der Waals surface area contributed by atoms with E-state index in [1.165, 1.54) is 48.5 Å². The molecular formula is C24H21F2NO2. The molecule has 1 atom stereocenters. The fourth-order valence-electron chi connectivity index (χ4n) is 4.05. The molecule has 1 saturated heterocycles. The van der Waals surface area contributed by atoms with Gasteiger partial charge < -0.3 is 10.0 Å². The number of nitrogens with zero attached hydrogens (tertiary/aromatic N) is 1. The first-order chi connectivity index (χ1) is 14.0. The van der Waals surface area contributed by atoms with E-state index in [-0.39, 0.29) is 12.3 Å². The predicted molar refractivity (Wildman–Crippen MR) is 106 cm³/mol. The van der Waals surface area contributed by atoms with Gasteiger partial charge in [0.05, 0.1) is 0 Å². The van der Waals surface area contributed by atoms with Crippen molar-refractivity contribution in [2.75, 3.05) is 6.54 Å². The van der Waals surface area contributed by atoms with E-state index >= 15 is 0 Å². The average molecular weight is 393 g/mol. The number of hydrogen-bond donors (Lipinski definition) is 1. The van der Waals surface area contributed by atoms with E-state index in [9.17, 15) is 18.7 Å². The van der Waals surface area contributed by atoms with E-state index in [1.807, 2.05) is 30.3 Å². The van der Waals surface area contributed by atoms with Crippen LogP contribution < -0.4 is 0 Å². The van der Waals surface area contributed by atoms with Crippen LogP contribution in [0.4, 0.5) is 8.78 Å². The van der Waals surface area contributed by atoms with Crippen molar-refractivity contribution in [3.05, 3.63) is 107 Å². The van der Waals surface area contributed by atoms with Crippen molar-refractivity contribution in [3.63, 3.8) is 0 Å². The SMILES string of the molecule is O=C1CC(C(O)(c2ccc(F)cc2)c2ccc(F)cc2)CN1Cc1ccccc1. The van der Waals surface area contributed by atoms with Gasteiger partial charge in [-0.2, -0.15) is 0 Å². The summed E-state index contributed by atoms with van der Waals surface area (Å²) in [6.45, 7) is 0.804. The smallest absolute Gasteiger partial charge is 0.223 e. The predicted octanol–water partition coefficient (Wildman–Crippen LogP) is 4.25. The molecule has 1 amide bonds. The maximum absolute atomic E-state index is 13.5. The number of rotatable bonds is 5. The highest BCUT2D eigenvalue weighted by Crippen LogP contribution is 2.42. The number of aliphatic hydroxyl groups is 1. The third-order valence-electron chi connectivity index (χ3n) is 5.59. The summed E-state index contributed by atoms with van der Waals surface area (Å²) in [6.07, 6.45) is 0.151. The molecule has 1 aliphatic rings. The van der Waals surface area contributed by atoms with Crippen molar-refractivity contribution >= 4 is 5.91 Å². The molecule has 148 valence electrons. The number of halogens is 2. The molecule has 0 saturated carbocycles. The summed E-state index contributed by atoms with van der Waals surface area (Å²) in [7, 11) is 0. The number of carbonyl (C=O) groups excluding carboxylic acids is 1. The maximum Gasteiger partial charge on any atom is 0.223 e. The lowest BCUT2D eigenvalue weighted by molar-refractivity contribution is -0.128. The molecule has 0 aliphatic carbocycles. The van der Waals surface area contributed by atoms with Crippen LogP contribution in [0, 0.1) is 17.6 Å². The topological polar surface area (TPSA) is 40.5 Å². The van der Waals surface area contributed by atoms with Crippen LogP contribution in [0.5, 0.6) is 0 Å². The van der Waals surface area contributed by atoms with Gasteiger partial charge in [0.25, 0.3) is 0 Å². The lowest BCUT2D eigenvalue weighted by Gasteiger charge is -2.35. The van der Waals surface area contributed by atoms with Crippen molar-refractivity contribution in [3.8, 4) is 0 Å². The second kappa shape index (κ2) is 7.76. The Balaban J connectivity index is 1.69. The molecule has 5 heteroatoms. The molecule has 1 fully saturated rings. The number of benzene rings is 3. The summed E-state index contributed by atoms with van der Waals surface area (Å²) in [5.74, 6) is -1.33. The van der Waals surface area contributed by atoms with Gasteiger partial charge in [0.15, 0.2) is 0 Å². The van der Waals surface area contributed by atoms with E-state index in [1.54, 1.807) is 4.90 Å². The number of likely N-dealkylation sites (tertiary alicyclic amines) is 1. The first kappa shape index (κ1) is 19.3. The fraction of sp³-hybridized carbons (Fsp3) is 0.208. The monoisotopic (exact) mass is 393 g/mol. The van der Waals surface area contributed by atoms with Crippen molar-refractivity contribution in [1.82, 2.24) is 4.90 Å². The van der Waals surface area contributed by atoms with E-state index in [0.29, 0.717) is 24.2 Å². The summed E-state index contributed by atoms with van der Waals surface area (Å²) < 4.78 is 27.0. The molecule has 3 aromatic carbocycles. The van der Waals surface area contributed by atoms with Crippen LogP contribution in [-0.4, -0.2) is 22.5 Å². The summed E-state index contributed by atoms with van der Waals surface area (Å²) in [6, 6.07) is 20.8. The van der Waals surface area contributed by atoms with Crippen LogP contribution in [-0.2, 0) is 16.9 Å². The summed E-state index contributed by atoms with van der Waals surface area (Å²) >= 11 is 0. The molecule has 29 heavy (non-hydrogen) atoms. The Kier molecular flexibility index (Phi) is 5.16. The minimum atomic E-state index is -1.54.